The molecule has 29 heavy (non-hydrogen) atoms. The van der Waals surface area contributed by atoms with Crippen molar-refractivity contribution < 1.29 is 13.2 Å². The maximum Gasteiger partial charge on any atom is 0.261 e. The molecule has 2 aromatic carbocycles. The second-order valence-electron chi connectivity index (χ2n) is 9.86. The Hall–Kier alpha value is -1.52. The molecule has 0 amide bonds. The normalized spacial score (nSPS) is 20.9. The smallest absolute Gasteiger partial charge is 0.261 e. The van der Waals surface area contributed by atoms with E-state index >= 15 is 0 Å². The molecular formula is C25H34F2OSi. The lowest BCUT2D eigenvalue weighted by Crippen LogP contribution is -2.66. The first kappa shape index (κ1) is 22.2. The van der Waals surface area contributed by atoms with E-state index in [-0.39, 0.29) is 23.3 Å². The zero-order valence-electron chi connectivity index (χ0n) is 18.3. The van der Waals surface area contributed by atoms with Crippen LogP contribution in [0.25, 0.3) is 0 Å². The van der Waals surface area contributed by atoms with Gasteiger partial charge >= 0.3 is 0 Å². The Morgan fingerprint density at radius 1 is 0.966 bits per heavy atom. The predicted molar refractivity (Wildman–Crippen MR) is 120 cm³/mol. The number of alkyl halides is 2. The number of halogens is 2. The number of rotatable bonds is 8. The van der Waals surface area contributed by atoms with Crippen LogP contribution in [0, 0.1) is 17.8 Å². The van der Waals surface area contributed by atoms with E-state index in [4.69, 9.17) is 4.43 Å². The Kier molecular flexibility index (Phi) is 6.35. The highest BCUT2D eigenvalue weighted by Gasteiger charge is 2.59. The van der Waals surface area contributed by atoms with Gasteiger partial charge in [0.05, 0.1) is 0 Å². The van der Waals surface area contributed by atoms with Crippen molar-refractivity contribution in [3.63, 3.8) is 0 Å². The van der Waals surface area contributed by atoms with Gasteiger partial charge in [0.2, 0.25) is 0 Å². The fourth-order valence-corrected chi connectivity index (χ4v) is 9.44. The molecule has 0 N–H and O–H groups in total. The van der Waals surface area contributed by atoms with Crippen LogP contribution in [-0.4, -0.2) is 20.8 Å². The van der Waals surface area contributed by atoms with Crippen molar-refractivity contribution in [1.29, 1.82) is 0 Å². The SMILES string of the molecule is CC(CO[Si](c1ccccc1)(c1ccccc1)C(C)(C)C)CC(C)C1CC1(F)F. The van der Waals surface area contributed by atoms with Gasteiger partial charge in [-0.05, 0) is 33.7 Å². The first-order valence-electron chi connectivity index (χ1n) is 10.7. The Balaban J connectivity index is 1.86. The van der Waals surface area contributed by atoms with Gasteiger partial charge in [0.1, 0.15) is 0 Å². The molecule has 3 atom stereocenters. The molecule has 0 radical (unpaired) electrons. The van der Waals surface area contributed by atoms with Crippen LogP contribution in [0.1, 0.15) is 47.5 Å². The van der Waals surface area contributed by atoms with Crippen molar-refractivity contribution in [2.75, 3.05) is 6.61 Å². The first-order valence-corrected chi connectivity index (χ1v) is 12.6. The van der Waals surface area contributed by atoms with Crippen molar-refractivity contribution >= 4 is 18.7 Å². The second kappa shape index (κ2) is 8.31. The molecule has 2 aromatic rings. The molecule has 3 rings (SSSR count). The average Bonchev–Trinajstić information content (AvgIpc) is 3.31. The highest BCUT2D eigenvalue weighted by molar-refractivity contribution is 6.99. The summed E-state index contributed by atoms with van der Waals surface area (Å²) in [6.07, 6.45) is 0.828. The van der Waals surface area contributed by atoms with Gasteiger partial charge in [0, 0.05) is 18.9 Å². The van der Waals surface area contributed by atoms with Gasteiger partial charge < -0.3 is 4.43 Å². The highest BCUT2D eigenvalue weighted by Crippen LogP contribution is 2.54. The van der Waals surface area contributed by atoms with Crippen LogP contribution in [-0.2, 0) is 4.43 Å². The Morgan fingerprint density at radius 3 is 1.79 bits per heavy atom. The summed E-state index contributed by atoms with van der Waals surface area (Å²) in [6, 6.07) is 21.1. The lowest BCUT2D eigenvalue weighted by Gasteiger charge is -2.43. The third-order valence-corrected chi connectivity index (χ3v) is 11.3. The molecular weight excluding hydrogens is 382 g/mol. The van der Waals surface area contributed by atoms with E-state index in [0.29, 0.717) is 6.61 Å². The van der Waals surface area contributed by atoms with Crippen LogP contribution < -0.4 is 10.4 Å². The molecule has 0 aliphatic heterocycles. The van der Waals surface area contributed by atoms with Gasteiger partial charge in [-0.1, -0.05) is 95.3 Å². The first-order chi connectivity index (χ1) is 13.6. The van der Waals surface area contributed by atoms with E-state index < -0.39 is 20.2 Å². The molecule has 158 valence electrons. The number of hydrogen-bond donors (Lipinski definition) is 0. The molecule has 0 heterocycles. The van der Waals surface area contributed by atoms with Crippen LogP contribution in [0.2, 0.25) is 5.04 Å². The molecule has 4 heteroatoms. The standard InChI is InChI=1S/C25H34F2OSi/c1-19(16-20(2)23-17-25(23,26)27)18-28-29(24(3,4)5,21-12-8-6-9-13-21)22-14-10-7-11-15-22/h6-15,19-20,23H,16-18H2,1-5H3. The van der Waals surface area contributed by atoms with Crippen LogP contribution in [0.4, 0.5) is 8.78 Å². The zero-order valence-corrected chi connectivity index (χ0v) is 19.3. The Morgan fingerprint density at radius 2 is 1.41 bits per heavy atom. The summed E-state index contributed by atoms with van der Waals surface area (Å²) in [6.45, 7) is 11.5. The van der Waals surface area contributed by atoms with Crippen molar-refractivity contribution in [3.8, 4) is 0 Å². The van der Waals surface area contributed by atoms with Crippen LogP contribution in [0.5, 0.6) is 0 Å². The molecule has 1 aliphatic carbocycles. The quantitative estimate of drug-likeness (QED) is 0.488. The lowest BCUT2D eigenvalue weighted by atomic mass is 9.94. The van der Waals surface area contributed by atoms with Gasteiger partial charge in [-0.25, -0.2) is 8.78 Å². The monoisotopic (exact) mass is 416 g/mol. The van der Waals surface area contributed by atoms with E-state index in [1.54, 1.807) is 0 Å². The van der Waals surface area contributed by atoms with Gasteiger partial charge in [-0.15, -0.1) is 0 Å². The predicted octanol–water partition coefficient (Wildman–Crippen LogP) is 5.88. The minimum atomic E-state index is -2.55. The second-order valence-corrected chi connectivity index (χ2v) is 14.2. The molecule has 1 saturated carbocycles. The molecule has 0 saturated heterocycles. The van der Waals surface area contributed by atoms with Gasteiger partial charge in [0.15, 0.2) is 0 Å². The summed E-state index contributed by atoms with van der Waals surface area (Å²) in [4.78, 5) is 0. The lowest BCUT2D eigenvalue weighted by molar-refractivity contribution is 0.0816. The summed E-state index contributed by atoms with van der Waals surface area (Å²) < 4.78 is 33.8. The van der Waals surface area contributed by atoms with Crippen LogP contribution in [0.3, 0.4) is 0 Å². The summed E-state index contributed by atoms with van der Waals surface area (Å²) >= 11 is 0. The zero-order chi connectivity index (χ0) is 21.3. The van der Waals surface area contributed by atoms with Gasteiger partial charge in [0.25, 0.3) is 14.2 Å². The van der Waals surface area contributed by atoms with Crippen molar-refractivity contribution in [1.82, 2.24) is 0 Å². The maximum atomic E-state index is 13.4. The Labute approximate surface area is 175 Å². The average molecular weight is 417 g/mol. The topological polar surface area (TPSA) is 9.23 Å². The molecule has 3 unspecified atom stereocenters. The van der Waals surface area contributed by atoms with E-state index in [2.05, 4.69) is 76.2 Å². The fraction of sp³-hybridized carbons (Fsp3) is 0.520. The molecule has 1 aliphatic rings. The number of hydrogen-bond acceptors (Lipinski definition) is 1. The Bertz CT molecular complexity index is 746. The van der Waals surface area contributed by atoms with Crippen molar-refractivity contribution in [3.05, 3.63) is 60.7 Å². The van der Waals surface area contributed by atoms with Gasteiger partial charge in [-0.2, -0.15) is 0 Å². The molecule has 0 bridgehead atoms. The largest absolute Gasteiger partial charge is 0.407 e. The van der Waals surface area contributed by atoms with Crippen molar-refractivity contribution in [2.45, 2.75) is 58.4 Å². The number of benzene rings is 2. The summed E-state index contributed by atoms with van der Waals surface area (Å²) in [5.41, 5.74) is 0. The van der Waals surface area contributed by atoms with E-state index in [1.807, 2.05) is 19.1 Å². The van der Waals surface area contributed by atoms with E-state index in [1.165, 1.54) is 10.4 Å². The summed E-state index contributed by atoms with van der Waals surface area (Å²) in [5.74, 6) is -2.62. The fourth-order valence-electron chi connectivity index (χ4n) is 4.75. The third-order valence-electron chi connectivity index (χ3n) is 6.34. The molecule has 1 fully saturated rings. The van der Waals surface area contributed by atoms with Crippen molar-refractivity contribution in [2.24, 2.45) is 17.8 Å². The van der Waals surface area contributed by atoms with Gasteiger partial charge in [-0.3, -0.25) is 0 Å². The molecule has 1 nitrogen and oxygen atoms in total. The summed E-state index contributed by atoms with van der Waals surface area (Å²) in [5, 5.41) is 2.45. The van der Waals surface area contributed by atoms with E-state index in [0.717, 1.165) is 6.42 Å². The summed E-state index contributed by atoms with van der Waals surface area (Å²) in [7, 11) is -2.55. The maximum absolute atomic E-state index is 13.4. The third kappa shape index (κ3) is 4.64. The minimum absolute atomic E-state index is 0.0303. The van der Waals surface area contributed by atoms with Crippen LogP contribution >= 0.6 is 0 Å². The molecule has 0 spiro atoms. The highest BCUT2D eigenvalue weighted by atomic mass is 28.4. The molecule has 0 aromatic heterocycles. The van der Waals surface area contributed by atoms with Crippen LogP contribution in [0.15, 0.2) is 60.7 Å². The van der Waals surface area contributed by atoms with E-state index in [9.17, 15) is 8.78 Å². The minimum Gasteiger partial charge on any atom is -0.407 e.